The van der Waals surface area contributed by atoms with Gasteiger partial charge in [-0.3, -0.25) is 4.40 Å². The number of hydrogen-bond donors (Lipinski definition) is 0. The zero-order valence-electron chi connectivity index (χ0n) is 13.2. The monoisotopic (exact) mass is 294 g/mol. The fourth-order valence-corrected chi connectivity index (χ4v) is 3.05. The quantitative estimate of drug-likeness (QED) is 0.859. The molecular weight excluding hydrogens is 272 g/mol. The Bertz CT molecular complexity index is 625. The number of hydrogen-bond acceptors (Lipinski definition) is 3. The second kappa shape index (κ2) is 5.32. The van der Waals surface area contributed by atoms with Crippen LogP contribution in [0.4, 0.5) is 0 Å². The van der Waals surface area contributed by atoms with Crippen molar-refractivity contribution in [2.75, 3.05) is 0 Å². The molecule has 0 saturated carbocycles. The van der Waals surface area contributed by atoms with Crippen molar-refractivity contribution < 1.29 is 0 Å². The van der Waals surface area contributed by atoms with Gasteiger partial charge in [0.2, 0.25) is 0 Å². The first-order chi connectivity index (χ1) is 9.19. The van der Waals surface area contributed by atoms with E-state index < -0.39 is 0 Å². The molecule has 0 aliphatic rings. The second-order valence-electron chi connectivity index (χ2n) is 6.92. The molecule has 0 amide bonds. The summed E-state index contributed by atoms with van der Waals surface area (Å²) in [6.45, 7) is 13.1. The first-order valence-corrected chi connectivity index (χ1v) is 7.43. The van der Waals surface area contributed by atoms with E-state index in [0.717, 1.165) is 30.1 Å². The van der Waals surface area contributed by atoms with Gasteiger partial charge in [-0.1, -0.05) is 39.3 Å². The molecule has 0 saturated heterocycles. The van der Waals surface area contributed by atoms with Gasteiger partial charge in [0.15, 0.2) is 10.8 Å². The molecule has 2 aromatic heterocycles. The summed E-state index contributed by atoms with van der Waals surface area (Å²) in [5.74, 6) is 1.52. The van der Waals surface area contributed by atoms with Gasteiger partial charge in [0.1, 0.15) is 5.82 Å². The van der Waals surface area contributed by atoms with Crippen molar-refractivity contribution in [3.63, 3.8) is 0 Å². The molecule has 0 aliphatic carbocycles. The van der Waals surface area contributed by atoms with Gasteiger partial charge in [-0.05, 0) is 31.6 Å². The van der Waals surface area contributed by atoms with E-state index in [1.165, 1.54) is 0 Å². The van der Waals surface area contributed by atoms with Crippen LogP contribution in [0.2, 0.25) is 5.15 Å². The van der Waals surface area contributed by atoms with Crippen molar-refractivity contribution in [2.45, 2.75) is 54.4 Å². The van der Waals surface area contributed by atoms with E-state index >= 15 is 0 Å². The van der Waals surface area contributed by atoms with E-state index in [9.17, 15) is 0 Å². The molecule has 4 nitrogen and oxygen atoms in total. The third-order valence-electron chi connectivity index (χ3n) is 3.53. The first kappa shape index (κ1) is 15.2. The average molecular weight is 295 g/mol. The number of aromatic nitrogens is 4. The molecule has 0 bridgehead atoms. The van der Waals surface area contributed by atoms with Crippen LogP contribution in [0.15, 0.2) is 0 Å². The molecule has 2 aromatic rings. The molecule has 0 radical (unpaired) electrons. The highest BCUT2D eigenvalue weighted by Gasteiger charge is 2.19. The zero-order chi connectivity index (χ0) is 15.1. The van der Waals surface area contributed by atoms with Crippen molar-refractivity contribution in [2.24, 2.45) is 11.3 Å². The van der Waals surface area contributed by atoms with Crippen molar-refractivity contribution in [1.82, 2.24) is 19.6 Å². The molecule has 0 spiro atoms. The van der Waals surface area contributed by atoms with Crippen LogP contribution in [-0.2, 0) is 6.42 Å². The van der Waals surface area contributed by atoms with E-state index in [-0.39, 0.29) is 0 Å². The minimum Gasteiger partial charge on any atom is -0.279 e. The largest absolute Gasteiger partial charge is 0.279 e. The van der Waals surface area contributed by atoms with Crippen LogP contribution < -0.4 is 0 Å². The Morgan fingerprint density at radius 2 is 1.85 bits per heavy atom. The molecule has 0 fully saturated rings. The molecule has 20 heavy (non-hydrogen) atoms. The molecule has 2 rings (SSSR count). The van der Waals surface area contributed by atoms with Crippen molar-refractivity contribution in [3.05, 3.63) is 22.4 Å². The van der Waals surface area contributed by atoms with Crippen molar-refractivity contribution >= 4 is 17.2 Å². The molecule has 1 unspecified atom stereocenters. The lowest BCUT2D eigenvalue weighted by atomic mass is 9.84. The van der Waals surface area contributed by atoms with Gasteiger partial charge in [-0.2, -0.15) is 0 Å². The standard InChI is InChI=1S/C15H23ClN4/c1-9(8-15(4,5)6)7-12-18-19-14-13(16)17-10(2)11(3)20(12)14/h9H,7-8H2,1-6H3. The molecule has 110 valence electrons. The lowest BCUT2D eigenvalue weighted by Gasteiger charge is -2.22. The van der Waals surface area contributed by atoms with E-state index in [1.54, 1.807) is 0 Å². The number of nitrogens with zero attached hydrogens (tertiary/aromatic N) is 4. The fraction of sp³-hybridized carbons (Fsp3) is 0.667. The summed E-state index contributed by atoms with van der Waals surface area (Å²) < 4.78 is 2.05. The lowest BCUT2D eigenvalue weighted by molar-refractivity contribution is 0.303. The smallest absolute Gasteiger partial charge is 0.198 e. The second-order valence-corrected chi connectivity index (χ2v) is 7.28. The summed E-state index contributed by atoms with van der Waals surface area (Å²) in [7, 11) is 0. The van der Waals surface area contributed by atoms with Gasteiger partial charge < -0.3 is 0 Å². The zero-order valence-corrected chi connectivity index (χ0v) is 13.9. The van der Waals surface area contributed by atoms with Crippen LogP contribution in [0.3, 0.4) is 0 Å². The Hall–Kier alpha value is -1.16. The Labute approximate surface area is 125 Å². The van der Waals surface area contributed by atoms with E-state index in [4.69, 9.17) is 11.6 Å². The maximum absolute atomic E-state index is 6.16. The van der Waals surface area contributed by atoms with Crippen LogP contribution in [0.5, 0.6) is 0 Å². The molecule has 0 aromatic carbocycles. The predicted octanol–water partition coefficient (Wildman–Crippen LogP) is 4.01. The Morgan fingerprint density at radius 3 is 2.45 bits per heavy atom. The Kier molecular flexibility index (Phi) is 4.05. The summed E-state index contributed by atoms with van der Waals surface area (Å²) in [5, 5.41) is 8.93. The van der Waals surface area contributed by atoms with Crippen LogP contribution in [0.25, 0.3) is 5.65 Å². The summed E-state index contributed by atoms with van der Waals surface area (Å²) >= 11 is 6.16. The highest BCUT2D eigenvalue weighted by molar-refractivity contribution is 6.32. The highest BCUT2D eigenvalue weighted by atomic mass is 35.5. The average Bonchev–Trinajstić information content (AvgIpc) is 2.67. The normalized spacial score (nSPS) is 13.9. The highest BCUT2D eigenvalue weighted by Crippen LogP contribution is 2.27. The van der Waals surface area contributed by atoms with Crippen molar-refractivity contribution in [1.29, 1.82) is 0 Å². The predicted molar refractivity (Wildman–Crippen MR) is 82.2 cm³/mol. The minimum atomic E-state index is 0.323. The van der Waals surface area contributed by atoms with Gasteiger partial charge in [-0.25, -0.2) is 4.98 Å². The lowest BCUT2D eigenvalue weighted by Crippen LogP contribution is -2.14. The maximum atomic E-state index is 6.16. The van der Waals surface area contributed by atoms with Crippen LogP contribution in [0.1, 0.15) is 51.3 Å². The minimum absolute atomic E-state index is 0.323. The Morgan fingerprint density at radius 1 is 1.20 bits per heavy atom. The SMILES string of the molecule is Cc1nc(Cl)c2nnc(CC(C)CC(C)(C)C)n2c1C. The van der Waals surface area contributed by atoms with Gasteiger partial charge >= 0.3 is 0 Å². The summed E-state index contributed by atoms with van der Waals surface area (Å²) in [5.41, 5.74) is 2.97. The summed E-state index contributed by atoms with van der Waals surface area (Å²) in [6.07, 6.45) is 2.05. The molecule has 0 aliphatic heterocycles. The van der Waals surface area contributed by atoms with Gasteiger partial charge in [-0.15, -0.1) is 10.2 Å². The molecule has 0 N–H and O–H groups in total. The van der Waals surface area contributed by atoms with Gasteiger partial charge in [0, 0.05) is 12.1 Å². The first-order valence-electron chi connectivity index (χ1n) is 7.06. The number of rotatable bonds is 3. The maximum Gasteiger partial charge on any atom is 0.198 e. The van der Waals surface area contributed by atoms with Gasteiger partial charge in [0.25, 0.3) is 0 Å². The van der Waals surface area contributed by atoms with E-state index in [1.807, 2.05) is 18.2 Å². The molecule has 1 atom stereocenters. The van der Waals surface area contributed by atoms with Crippen molar-refractivity contribution in [3.8, 4) is 0 Å². The van der Waals surface area contributed by atoms with E-state index in [2.05, 4.69) is 42.9 Å². The van der Waals surface area contributed by atoms with Gasteiger partial charge in [0.05, 0.1) is 5.69 Å². The van der Waals surface area contributed by atoms with Crippen LogP contribution in [-0.4, -0.2) is 19.6 Å². The summed E-state index contributed by atoms with van der Waals surface area (Å²) in [4.78, 5) is 4.30. The van der Waals surface area contributed by atoms with E-state index in [0.29, 0.717) is 22.1 Å². The third kappa shape index (κ3) is 3.11. The molecular formula is C15H23ClN4. The molecule has 2 heterocycles. The summed E-state index contributed by atoms with van der Waals surface area (Å²) in [6, 6.07) is 0. The third-order valence-corrected chi connectivity index (χ3v) is 3.78. The number of fused-ring (bicyclic) bond motifs is 1. The number of halogens is 1. The number of aryl methyl sites for hydroxylation is 2. The fourth-order valence-electron chi connectivity index (χ4n) is 2.80. The topological polar surface area (TPSA) is 43.1 Å². The van der Waals surface area contributed by atoms with Crippen LogP contribution >= 0.6 is 11.6 Å². The molecule has 5 heteroatoms. The van der Waals surface area contributed by atoms with Crippen LogP contribution in [0, 0.1) is 25.2 Å². The Balaban J connectivity index is 2.36.